The molecule has 106 valence electrons. The summed E-state index contributed by atoms with van der Waals surface area (Å²) in [6.45, 7) is 0. The fourth-order valence-electron chi connectivity index (χ4n) is 2.75. The number of anilines is 1. The molecule has 1 aromatic carbocycles. The fourth-order valence-corrected chi connectivity index (χ4v) is 3.84. The maximum absolute atomic E-state index is 4.38. The number of benzene rings is 1. The van der Waals surface area contributed by atoms with Gasteiger partial charge in [-0.25, -0.2) is 4.68 Å². The highest BCUT2D eigenvalue weighted by molar-refractivity contribution is 9.10. The van der Waals surface area contributed by atoms with Gasteiger partial charge >= 0.3 is 0 Å². The van der Waals surface area contributed by atoms with E-state index in [-0.39, 0.29) is 12.1 Å². The van der Waals surface area contributed by atoms with Gasteiger partial charge in [0.15, 0.2) is 0 Å². The Morgan fingerprint density at radius 1 is 1.24 bits per heavy atom. The highest BCUT2D eigenvalue weighted by Gasteiger charge is 2.30. The summed E-state index contributed by atoms with van der Waals surface area (Å²) in [5, 5.41) is 9.98. The summed E-state index contributed by atoms with van der Waals surface area (Å²) in [6.07, 6.45) is 2.59. The van der Waals surface area contributed by atoms with Crippen molar-refractivity contribution >= 4 is 33.2 Å². The molecular formula is C15H13BrN4S. The van der Waals surface area contributed by atoms with Gasteiger partial charge in [0, 0.05) is 9.35 Å². The number of hydrogen-bond donors (Lipinski definition) is 1. The molecule has 3 heterocycles. The molecule has 21 heavy (non-hydrogen) atoms. The second-order valence-electron chi connectivity index (χ2n) is 5.04. The van der Waals surface area contributed by atoms with Crippen LogP contribution in [-0.2, 0) is 0 Å². The molecular weight excluding hydrogens is 348 g/mol. The molecule has 2 atom stereocenters. The zero-order chi connectivity index (χ0) is 14.2. The Bertz CT molecular complexity index is 735. The first kappa shape index (κ1) is 13.0. The normalized spacial score (nSPS) is 20.8. The summed E-state index contributed by atoms with van der Waals surface area (Å²) in [7, 11) is 0. The maximum Gasteiger partial charge on any atom is 0.222 e. The molecule has 1 aliphatic rings. The third-order valence-corrected chi connectivity index (χ3v) is 5.28. The largest absolute Gasteiger partial charge is 0.348 e. The predicted molar refractivity (Wildman–Crippen MR) is 87.6 cm³/mol. The van der Waals surface area contributed by atoms with E-state index in [0.717, 1.165) is 16.8 Å². The Labute approximate surface area is 135 Å². The van der Waals surface area contributed by atoms with Crippen LogP contribution in [0.15, 0.2) is 52.6 Å². The number of nitrogens with one attached hydrogen (secondary N) is 1. The summed E-state index contributed by atoms with van der Waals surface area (Å²) >= 11 is 5.26. The van der Waals surface area contributed by atoms with Gasteiger partial charge in [-0.2, -0.15) is 10.1 Å². The first-order valence-electron chi connectivity index (χ1n) is 6.76. The molecule has 0 fully saturated rings. The van der Waals surface area contributed by atoms with Crippen molar-refractivity contribution < 1.29 is 0 Å². The number of halogens is 1. The molecule has 2 aromatic heterocycles. The fraction of sp³-hybridized carbons (Fsp3) is 0.200. The molecule has 0 unspecified atom stereocenters. The van der Waals surface area contributed by atoms with E-state index in [9.17, 15) is 0 Å². The van der Waals surface area contributed by atoms with Crippen molar-refractivity contribution in [1.82, 2.24) is 14.8 Å². The molecule has 1 N–H and O–H groups in total. The Kier molecular flexibility index (Phi) is 3.27. The van der Waals surface area contributed by atoms with E-state index in [1.54, 1.807) is 17.7 Å². The highest BCUT2D eigenvalue weighted by atomic mass is 79.9. The lowest BCUT2D eigenvalue weighted by Crippen LogP contribution is -2.27. The van der Waals surface area contributed by atoms with Crippen LogP contribution in [-0.4, -0.2) is 14.8 Å². The second kappa shape index (κ2) is 5.27. The molecule has 0 amide bonds. The van der Waals surface area contributed by atoms with Crippen LogP contribution in [0.25, 0.3) is 0 Å². The third-order valence-electron chi connectivity index (χ3n) is 3.77. The van der Waals surface area contributed by atoms with Gasteiger partial charge in [0.05, 0.1) is 12.1 Å². The first-order chi connectivity index (χ1) is 10.3. The van der Waals surface area contributed by atoms with Gasteiger partial charge in [0.25, 0.3) is 0 Å². The summed E-state index contributed by atoms with van der Waals surface area (Å²) in [5.74, 6) is 0.840. The van der Waals surface area contributed by atoms with Crippen molar-refractivity contribution in [2.24, 2.45) is 0 Å². The van der Waals surface area contributed by atoms with Gasteiger partial charge in [0.1, 0.15) is 6.33 Å². The lowest BCUT2D eigenvalue weighted by Gasteiger charge is -2.31. The Morgan fingerprint density at radius 2 is 2.10 bits per heavy atom. The van der Waals surface area contributed by atoms with E-state index >= 15 is 0 Å². The molecule has 1 aliphatic heterocycles. The summed E-state index contributed by atoms with van der Waals surface area (Å²) in [6, 6.07) is 13.2. The minimum Gasteiger partial charge on any atom is -0.348 e. The topological polar surface area (TPSA) is 42.7 Å². The van der Waals surface area contributed by atoms with Gasteiger partial charge in [-0.05, 0) is 35.6 Å². The molecule has 0 saturated carbocycles. The molecule has 0 aliphatic carbocycles. The minimum absolute atomic E-state index is 0.248. The van der Waals surface area contributed by atoms with Crippen LogP contribution in [0.2, 0.25) is 0 Å². The second-order valence-corrected chi connectivity index (χ2v) is 6.94. The molecule has 0 bridgehead atoms. The average Bonchev–Trinajstić information content (AvgIpc) is 3.18. The lowest BCUT2D eigenvalue weighted by atomic mass is 9.97. The van der Waals surface area contributed by atoms with Crippen LogP contribution in [0.4, 0.5) is 5.95 Å². The monoisotopic (exact) mass is 360 g/mol. The van der Waals surface area contributed by atoms with Crippen LogP contribution in [0.1, 0.15) is 28.9 Å². The van der Waals surface area contributed by atoms with Crippen molar-refractivity contribution in [2.45, 2.75) is 18.5 Å². The van der Waals surface area contributed by atoms with Gasteiger partial charge in [-0.15, -0.1) is 11.3 Å². The smallest absolute Gasteiger partial charge is 0.222 e. The Balaban J connectivity index is 1.72. The van der Waals surface area contributed by atoms with Crippen LogP contribution in [0.3, 0.4) is 0 Å². The zero-order valence-electron chi connectivity index (χ0n) is 11.1. The zero-order valence-corrected chi connectivity index (χ0v) is 13.5. The van der Waals surface area contributed by atoms with Crippen LogP contribution in [0, 0.1) is 0 Å². The average molecular weight is 361 g/mol. The Hall–Kier alpha value is -1.66. The standard InChI is InChI=1S/C15H13BrN4S/c16-11-5-3-10(4-6-11)12-8-13(14-2-1-7-21-14)20-15(19-12)17-9-18-20/h1-7,9,12-13H,8H2,(H,17,18,19)/t12-,13-/m0/s1. The number of rotatable bonds is 2. The van der Waals surface area contributed by atoms with Gasteiger partial charge < -0.3 is 5.32 Å². The summed E-state index contributed by atoms with van der Waals surface area (Å²) in [5.41, 5.74) is 1.27. The number of aromatic nitrogens is 3. The quantitative estimate of drug-likeness (QED) is 0.742. The molecule has 4 nitrogen and oxygen atoms in total. The van der Waals surface area contributed by atoms with E-state index in [1.807, 2.05) is 4.68 Å². The minimum atomic E-state index is 0.248. The van der Waals surface area contributed by atoms with Crippen LogP contribution in [0.5, 0.6) is 0 Å². The predicted octanol–water partition coefficient (Wildman–Crippen LogP) is 4.25. The Morgan fingerprint density at radius 3 is 2.86 bits per heavy atom. The van der Waals surface area contributed by atoms with E-state index < -0.39 is 0 Å². The number of fused-ring (bicyclic) bond motifs is 1. The van der Waals surface area contributed by atoms with Crippen LogP contribution < -0.4 is 5.32 Å². The van der Waals surface area contributed by atoms with Gasteiger partial charge in [0.2, 0.25) is 5.95 Å². The van der Waals surface area contributed by atoms with E-state index in [1.165, 1.54) is 10.4 Å². The maximum atomic E-state index is 4.38. The number of nitrogens with zero attached hydrogens (tertiary/aromatic N) is 3. The van der Waals surface area contributed by atoms with Crippen molar-refractivity contribution in [3.63, 3.8) is 0 Å². The van der Waals surface area contributed by atoms with Crippen molar-refractivity contribution in [3.8, 4) is 0 Å². The van der Waals surface area contributed by atoms with E-state index in [4.69, 9.17) is 0 Å². The first-order valence-corrected chi connectivity index (χ1v) is 8.43. The van der Waals surface area contributed by atoms with Crippen molar-refractivity contribution in [1.29, 1.82) is 0 Å². The lowest BCUT2D eigenvalue weighted by molar-refractivity contribution is 0.436. The third kappa shape index (κ3) is 2.38. The SMILES string of the molecule is Brc1ccc([C@@H]2C[C@@H](c3cccs3)n3ncnc3N2)cc1. The van der Waals surface area contributed by atoms with Gasteiger partial charge in [-0.3, -0.25) is 0 Å². The molecule has 6 heteroatoms. The van der Waals surface area contributed by atoms with Gasteiger partial charge in [-0.1, -0.05) is 34.1 Å². The van der Waals surface area contributed by atoms with Crippen LogP contribution >= 0.6 is 27.3 Å². The highest BCUT2D eigenvalue weighted by Crippen LogP contribution is 2.38. The number of thiophene rings is 1. The summed E-state index contributed by atoms with van der Waals surface area (Å²) in [4.78, 5) is 5.67. The molecule has 3 aromatic rings. The van der Waals surface area contributed by atoms with E-state index in [0.29, 0.717) is 0 Å². The van der Waals surface area contributed by atoms with Crippen molar-refractivity contribution in [2.75, 3.05) is 5.32 Å². The summed E-state index contributed by atoms with van der Waals surface area (Å²) < 4.78 is 3.08. The van der Waals surface area contributed by atoms with Crippen molar-refractivity contribution in [3.05, 3.63) is 63.0 Å². The molecule has 0 saturated heterocycles. The molecule has 0 radical (unpaired) electrons. The number of hydrogen-bond acceptors (Lipinski definition) is 4. The molecule has 4 rings (SSSR count). The van der Waals surface area contributed by atoms with E-state index in [2.05, 4.69) is 73.1 Å². The molecule has 0 spiro atoms.